The van der Waals surface area contributed by atoms with Gasteiger partial charge in [-0.15, -0.1) is 0 Å². The molecular weight excluding hydrogens is 260 g/mol. The van der Waals surface area contributed by atoms with Crippen LogP contribution in [0.5, 0.6) is 0 Å². The highest BCUT2D eigenvalue weighted by Crippen LogP contribution is 2.29. The van der Waals surface area contributed by atoms with Gasteiger partial charge in [0.15, 0.2) is 0 Å². The minimum Gasteiger partial charge on any atom is -0.481 e. The standard InChI is InChI=1S/C11H15BrO3/c1-6(2)10-9(12)5-8(15-10)4-7(3)11(13)14/h5-7H,4H2,1-3H3,(H,13,14). The van der Waals surface area contributed by atoms with Crippen molar-refractivity contribution in [1.29, 1.82) is 0 Å². The van der Waals surface area contributed by atoms with Crippen molar-refractivity contribution in [1.82, 2.24) is 0 Å². The largest absolute Gasteiger partial charge is 0.481 e. The van der Waals surface area contributed by atoms with Crippen molar-refractivity contribution in [2.45, 2.75) is 33.1 Å². The van der Waals surface area contributed by atoms with Crippen molar-refractivity contribution >= 4 is 21.9 Å². The predicted molar refractivity (Wildman–Crippen MR) is 61.0 cm³/mol. The Hall–Kier alpha value is -0.770. The molecule has 0 aliphatic heterocycles. The molecule has 1 heterocycles. The average molecular weight is 275 g/mol. The van der Waals surface area contributed by atoms with Crippen molar-refractivity contribution in [2.24, 2.45) is 5.92 Å². The Bertz CT molecular complexity index is 355. The fourth-order valence-electron chi connectivity index (χ4n) is 1.32. The van der Waals surface area contributed by atoms with Gasteiger partial charge >= 0.3 is 5.97 Å². The maximum Gasteiger partial charge on any atom is 0.306 e. The maximum absolute atomic E-state index is 10.7. The highest BCUT2D eigenvalue weighted by Gasteiger charge is 2.17. The zero-order valence-corrected chi connectivity index (χ0v) is 10.7. The van der Waals surface area contributed by atoms with Gasteiger partial charge in [-0.3, -0.25) is 4.79 Å². The third-order valence-corrected chi connectivity index (χ3v) is 2.84. The molecule has 1 aromatic rings. The second-order valence-corrected chi connectivity index (χ2v) is 4.88. The van der Waals surface area contributed by atoms with Crippen LogP contribution in [-0.4, -0.2) is 11.1 Å². The molecule has 0 bridgehead atoms. The predicted octanol–water partition coefficient (Wildman–Crippen LogP) is 3.43. The van der Waals surface area contributed by atoms with Gasteiger partial charge < -0.3 is 9.52 Å². The van der Waals surface area contributed by atoms with E-state index in [0.29, 0.717) is 12.3 Å². The van der Waals surface area contributed by atoms with Crippen LogP contribution in [0.25, 0.3) is 0 Å². The van der Waals surface area contributed by atoms with E-state index in [4.69, 9.17) is 9.52 Å². The molecule has 0 fully saturated rings. The van der Waals surface area contributed by atoms with Crippen LogP contribution in [0.2, 0.25) is 0 Å². The average Bonchev–Trinajstić information content (AvgIpc) is 2.46. The van der Waals surface area contributed by atoms with Crippen LogP contribution in [0.1, 0.15) is 38.2 Å². The molecule has 0 spiro atoms. The molecule has 0 saturated heterocycles. The van der Waals surface area contributed by atoms with Crippen molar-refractivity contribution in [3.05, 3.63) is 22.1 Å². The van der Waals surface area contributed by atoms with Crippen LogP contribution < -0.4 is 0 Å². The summed E-state index contributed by atoms with van der Waals surface area (Å²) >= 11 is 3.40. The van der Waals surface area contributed by atoms with Crippen molar-refractivity contribution in [2.75, 3.05) is 0 Å². The zero-order valence-electron chi connectivity index (χ0n) is 9.08. The minimum atomic E-state index is -0.798. The molecule has 0 saturated carbocycles. The molecule has 1 atom stereocenters. The molecule has 0 aromatic carbocycles. The fraction of sp³-hybridized carbons (Fsp3) is 0.545. The lowest BCUT2D eigenvalue weighted by Crippen LogP contribution is -2.11. The molecule has 15 heavy (non-hydrogen) atoms. The lowest BCUT2D eigenvalue weighted by Gasteiger charge is -2.03. The monoisotopic (exact) mass is 274 g/mol. The maximum atomic E-state index is 10.7. The summed E-state index contributed by atoms with van der Waals surface area (Å²) in [7, 11) is 0. The van der Waals surface area contributed by atoms with Crippen LogP contribution in [0.3, 0.4) is 0 Å². The Kier molecular flexibility index (Phi) is 3.97. The topological polar surface area (TPSA) is 50.4 Å². The number of furan rings is 1. The molecular formula is C11H15BrO3. The van der Waals surface area contributed by atoms with Gasteiger partial charge in [-0.2, -0.15) is 0 Å². The van der Waals surface area contributed by atoms with Crippen LogP contribution in [0, 0.1) is 5.92 Å². The first-order valence-electron chi connectivity index (χ1n) is 4.92. The summed E-state index contributed by atoms with van der Waals surface area (Å²) in [6.07, 6.45) is 0.431. The molecule has 3 nitrogen and oxygen atoms in total. The lowest BCUT2D eigenvalue weighted by molar-refractivity contribution is -0.141. The molecule has 1 N–H and O–H groups in total. The second-order valence-electron chi connectivity index (χ2n) is 4.02. The van der Waals surface area contributed by atoms with Gasteiger partial charge in [0.1, 0.15) is 11.5 Å². The molecule has 0 aliphatic rings. The minimum absolute atomic E-state index is 0.299. The quantitative estimate of drug-likeness (QED) is 0.915. The molecule has 0 aliphatic carbocycles. The lowest BCUT2D eigenvalue weighted by atomic mass is 10.1. The first-order chi connectivity index (χ1) is 6.91. The fourth-order valence-corrected chi connectivity index (χ4v) is 2.11. The van der Waals surface area contributed by atoms with E-state index in [2.05, 4.69) is 15.9 Å². The van der Waals surface area contributed by atoms with Gasteiger partial charge in [-0.25, -0.2) is 0 Å². The Labute approximate surface area is 97.6 Å². The van der Waals surface area contributed by atoms with Gasteiger partial charge in [0.25, 0.3) is 0 Å². The summed E-state index contributed by atoms with van der Waals surface area (Å²) in [4.78, 5) is 10.7. The molecule has 4 heteroatoms. The summed E-state index contributed by atoms with van der Waals surface area (Å²) in [6.45, 7) is 5.75. The van der Waals surface area contributed by atoms with Gasteiger partial charge in [-0.05, 0) is 22.0 Å². The number of carbonyl (C=O) groups is 1. The number of carboxylic acid groups (broad SMARTS) is 1. The highest BCUT2D eigenvalue weighted by atomic mass is 79.9. The van der Waals surface area contributed by atoms with E-state index in [9.17, 15) is 4.79 Å². The van der Waals surface area contributed by atoms with Crippen LogP contribution >= 0.6 is 15.9 Å². The Balaban J connectivity index is 2.79. The molecule has 1 aromatic heterocycles. The number of carboxylic acids is 1. The van der Waals surface area contributed by atoms with Gasteiger partial charge in [-0.1, -0.05) is 20.8 Å². The Morgan fingerprint density at radius 3 is 2.53 bits per heavy atom. The normalized spacial score (nSPS) is 13.1. The first-order valence-corrected chi connectivity index (χ1v) is 5.72. The van der Waals surface area contributed by atoms with Gasteiger partial charge in [0, 0.05) is 12.3 Å². The zero-order chi connectivity index (χ0) is 11.6. The number of aliphatic carboxylic acids is 1. The van der Waals surface area contributed by atoms with Gasteiger partial charge in [0.2, 0.25) is 0 Å². The number of rotatable bonds is 4. The van der Waals surface area contributed by atoms with E-state index in [1.807, 2.05) is 19.9 Å². The Morgan fingerprint density at radius 1 is 1.53 bits per heavy atom. The summed E-state index contributed by atoms with van der Waals surface area (Å²) in [5, 5.41) is 8.78. The van der Waals surface area contributed by atoms with E-state index >= 15 is 0 Å². The summed E-state index contributed by atoms with van der Waals surface area (Å²) in [5.41, 5.74) is 0. The van der Waals surface area contributed by atoms with E-state index in [0.717, 1.165) is 16.0 Å². The summed E-state index contributed by atoms with van der Waals surface area (Å²) in [6, 6.07) is 1.86. The van der Waals surface area contributed by atoms with Crippen molar-refractivity contribution < 1.29 is 14.3 Å². The number of halogens is 1. The highest BCUT2D eigenvalue weighted by molar-refractivity contribution is 9.10. The number of hydrogen-bond acceptors (Lipinski definition) is 2. The first kappa shape index (κ1) is 12.3. The van der Waals surface area contributed by atoms with E-state index in [1.54, 1.807) is 6.92 Å². The van der Waals surface area contributed by atoms with Crippen LogP contribution in [0.15, 0.2) is 15.0 Å². The number of hydrogen-bond donors (Lipinski definition) is 1. The molecule has 1 rings (SSSR count). The molecule has 84 valence electrons. The Morgan fingerprint density at radius 2 is 2.13 bits per heavy atom. The van der Waals surface area contributed by atoms with Gasteiger partial charge in [0.05, 0.1) is 10.4 Å². The third-order valence-electron chi connectivity index (χ3n) is 2.22. The third kappa shape index (κ3) is 3.09. The van der Waals surface area contributed by atoms with Crippen LogP contribution in [-0.2, 0) is 11.2 Å². The van der Waals surface area contributed by atoms with Crippen LogP contribution in [0.4, 0.5) is 0 Å². The van der Waals surface area contributed by atoms with E-state index in [-0.39, 0.29) is 0 Å². The van der Waals surface area contributed by atoms with Crippen molar-refractivity contribution in [3.63, 3.8) is 0 Å². The SMILES string of the molecule is CC(Cc1cc(Br)c(C(C)C)o1)C(=O)O. The van der Waals surface area contributed by atoms with Crippen molar-refractivity contribution in [3.8, 4) is 0 Å². The second kappa shape index (κ2) is 4.84. The molecule has 0 amide bonds. The smallest absolute Gasteiger partial charge is 0.306 e. The van der Waals surface area contributed by atoms with E-state index in [1.165, 1.54) is 0 Å². The summed E-state index contributed by atoms with van der Waals surface area (Å²) in [5.74, 6) is 0.688. The molecule has 0 radical (unpaired) electrons. The summed E-state index contributed by atoms with van der Waals surface area (Å²) < 4.78 is 6.51. The molecule has 1 unspecified atom stereocenters. The van der Waals surface area contributed by atoms with E-state index < -0.39 is 11.9 Å².